The van der Waals surface area contributed by atoms with Crippen LogP contribution in [0.5, 0.6) is 0 Å². The van der Waals surface area contributed by atoms with Crippen molar-refractivity contribution in [2.24, 2.45) is 7.05 Å². The molecule has 1 fully saturated rings. The van der Waals surface area contributed by atoms with Crippen LogP contribution in [0.1, 0.15) is 30.9 Å². The van der Waals surface area contributed by atoms with Gasteiger partial charge in [-0.15, -0.1) is 0 Å². The van der Waals surface area contributed by atoms with E-state index in [9.17, 15) is 14.4 Å². The van der Waals surface area contributed by atoms with E-state index in [1.54, 1.807) is 0 Å². The smallest absolute Gasteiger partial charge is 0.328 e. The van der Waals surface area contributed by atoms with Gasteiger partial charge < -0.3 is 9.88 Å². The van der Waals surface area contributed by atoms with Gasteiger partial charge in [0.1, 0.15) is 0 Å². The van der Waals surface area contributed by atoms with E-state index in [2.05, 4.69) is 24.0 Å². The Hall–Kier alpha value is -2.63. The summed E-state index contributed by atoms with van der Waals surface area (Å²) < 4.78 is 0.993. The molecule has 2 heterocycles. The zero-order chi connectivity index (χ0) is 18.0. The molecule has 0 radical (unpaired) electrons. The van der Waals surface area contributed by atoms with Crippen molar-refractivity contribution in [2.45, 2.75) is 31.6 Å². The van der Waals surface area contributed by atoms with Crippen LogP contribution in [0.4, 0.5) is 0 Å². The predicted molar refractivity (Wildman–Crippen MR) is 95.6 cm³/mol. The molecule has 0 bridgehead atoms. The number of nitrogens with one attached hydrogen (secondary N) is 1. The minimum Gasteiger partial charge on any atom is -0.342 e. The minimum atomic E-state index is -0.476. The number of likely N-dealkylation sites (tertiary alicyclic amines) is 1. The Morgan fingerprint density at radius 3 is 2.68 bits per heavy atom. The summed E-state index contributed by atoms with van der Waals surface area (Å²) in [6, 6.07) is 10.2. The van der Waals surface area contributed by atoms with E-state index in [-0.39, 0.29) is 17.7 Å². The van der Waals surface area contributed by atoms with E-state index in [0.717, 1.165) is 17.4 Å². The van der Waals surface area contributed by atoms with Crippen LogP contribution in [0.2, 0.25) is 0 Å². The molecule has 6 heteroatoms. The van der Waals surface area contributed by atoms with Crippen molar-refractivity contribution in [1.82, 2.24) is 14.5 Å². The van der Waals surface area contributed by atoms with Crippen LogP contribution in [0.25, 0.3) is 0 Å². The minimum absolute atomic E-state index is 0.00826. The highest BCUT2D eigenvalue weighted by Crippen LogP contribution is 2.33. The first-order chi connectivity index (χ1) is 11.9. The fraction of sp³-hybridized carbons (Fsp3) is 0.421. The van der Waals surface area contributed by atoms with Crippen LogP contribution in [-0.4, -0.2) is 33.4 Å². The second-order valence-electron chi connectivity index (χ2n) is 7.01. The van der Waals surface area contributed by atoms with Crippen molar-refractivity contribution in [1.29, 1.82) is 0 Å². The summed E-state index contributed by atoms with van der Waals surface area (Å²) in [6.07, 6.45) is 3.32. The third kappa shape index (κ3) is 3.43. The molecule has 1 aromatic heterocycles. The normalized spacial score (nSPS) is 20.5. The van der Waals surface area contributed by atoms with Crippen molar-refractivity contribution >= 4 is 5.91 Å². The summed E-state index contributed by atoms with van der Waals surface area (Å²) in [5.74, 6) is -0.0778. The standard InChI is InChI=1S/C19H23N3O3/c1-19(15-7-4-3-5-8-15)9-6-10-22(13-19)16(23)11-14-12-20-18(25)21(2)17(14)24/h3-5,7-8,12H,6,9-11,13H2,1-2H3,(H,20,25). The van der Waals surface area contributed by atoms with E-state index >= 15 is 0 Å². The number of amides is 1. The lowest BCUT2D eigenvalue weighted by Gasteiger charge is -2.41. The first-order valence-electron chi connectivity index (χ1n) is 8.52. The van der Waals surface area contributed by atoms with Gasteiger partial charge in [-0.05, 0) is 18.4 Å². The molecule has 1 aliphatic heterocycles. The van der Waals surface area contributed by atoms with Crippen LogP contribution < -0.4 is 11.2 Å². The molecular formula is C19H23N3O3. The molecule has 1 N–H and O–H groups in total. The molecule has 0 saturated carbocycles. The van der Waals surface area contributed by atoms with Gasteiger partial charge in [0.05, 0.1) is 6.42 Å². The molecule has 132 valence electrons. The zero-order valence-corrected chi connectivity index (χ0v) is 14.6. The summed E-state index contributed by atoms with van der Waals surface area (Å²) in [5, 5.41) is 0. The lowest BCUT2D eigenvalue weighted by atomic mass is 9.76. The molecule has 2 aromatic rings. The molecule has 1 atom stereocenters. The van der Waals surface area contributed by atoms with E-state index in [1.807, 2.05) is 23.1 Å². The molecule has 1 amide bonds. The summed E-state index contributed by atoms with van der Waals surface area (Å²) >= 11 is 0. The maximum absolute atomic E-state index is 12.7. The fourth-order valence-corrected chi connectivity index (χ4v) is 3.54. The first-order valence-corrected chi connectivity index (χ1v) is 8.52. The van der Waals surface area contributed by atoms with Crippen molar-refractivity contribution in [3.63, 3.8) is 0 Å². The number of nitrogens with zero attached hydrogens (tertiary/aromatic N) is 2. The summed E-state index contributed by atoms with van der Waals surface area (Å²) in [6.45, 7) is 3.52. The second kappa shape index (κ2) is 6.70. The summed E-state index contributed by atoms with van der Waals surface area (Å²) in [4.78, 5) is 40.6. The molecule has 25 heavy (non-hydrogen) atoms. The molecule has 0 aliphatic carbocycles. The topological polar surface area (TPSA) is 75.2 Å². The number of piperidine rings is 1. The average Bonchev–Trinajstić information content (AvgIpc) is 2.63. The van der Waals surface area contributed by atoms with Gasteiger partial charge in [0.15, 0.2) is 0 Å². The van der Waals surface area contributed by atoms with Crippen LogP contribution in [0.3, 0.4) is 0 Å². The third-order valence-electron chi connectivity index (χ3n) is 5.12. The Morgan fingerprint density at radius 2 is 1.96 bits per heavy atom. The van der Waals surface area contributed by atoms with Crippen molar-refractivity contribution in [3.05, 3.63) is 68.5 Å². The number of carbonyl (C=O) groups excluding carboxylic acids is 1. The summed E-state index contributed by atoms with van der Waals surface area (Å²) in [5.41, 5.74) is 0.577. The Labute approximate surface area is 146 Å². The number of carbonyl (C=O) groups is 1. The highest BCUT2D eigenvalue weighted by molar-refractivity contribution is 5.78. The maximum Gasteiger partial charge on any atom is 0.328 e. The lowest BCUT2D eigenvalue weighted by molar-refractivity contribution is -0.132. The van der Waals surface area contributed by atoms with Gasteiger partial charge in [0.2, 0.25) is 5.91 Å². The Bertz CT molecular complexity index is 885. The molecule has 1 aliphatic rings. The maximum atomic E-state index is 12.7. The van der Waals surface area contributed by atoms with Crippen molar-refractivity contribution in [2.75, 3.05) is 13.1 Å². The zero-order valence-electron chi connectivity index (χ0n) is 14.6. The molecular weight excluding hydrogens is 318 g/mol. The first kappa shape index (κ1) is 17.2. The second-order valence-corrected chi connectivity index (χ2v) is 7.01. The Morgan fingerprint density at radius 1 is 1.24 bits per heavy atom. The largest absolute Gasteiger partial charge is 0.342 e. The molecule has 1 unspecified atom stereocenters. The van der Waals surface area contributed by atoms with Gasteiger partial charge in [0.25, 0.3) is 5.56 Å². The average molecular weight is 341 g/mol. The predicted octanol–water partition coefficient (Wildman–Crippen LogP) is 1.20. The Kier molecular flexibility index (Phi) is 4.61. The molecule has 1 saturated heterocycles. The SMILES string of the molecule is Cn1c(=O)[nH]cc(CC(=O)N2CCCC(C)(c3ccccc3)C2)c1=O. The molecule has 1 aromatic carbocycles. The van der Waals surface area contributed by atoms with Gasteiger partial charge in [0, 0.05) is 37.3 Å². The highest BCUT2D eigenvalue weighted by Gasteiger charge is 2.34. The monoisotopic (exact) mass is 341 g/mol. The Balaban J connectivity index is 1.78. The molecule has 6 nitrogen and oxygen atoms in total. The number of benzene rings is 1. The number of rotatable bonds is 3. The van der Waals surface area contributed by atoms with Gasteiger partial charge in [-0.1, -0.05) is 37.3 Å². The highest BCUT2D eigenvalue weighted by atomic mass is 16.2. The van der Waals surface area contributed by atoms with Crippen LogP contribution in [0.15, 0.2) is 46.1 Å². The summed E-state index contributed by atoms with van der Waals surface area (Å²) in [7, 11) is 1.41. The van der Waals surface area contributed by atoms with Crippen LogP contribution in [0, 0.1) is 0 Å². The van der Waals surface area contributed by atoms with Gasteiger partial charge >= 0.3 is 5.69 Å². The van der Waals surface area contributed by atoms with Gasteiger partial charge in [-0.3, -0.25) is 14.2 Å². The van der Waals surface area contributed by atoms with Crippen molar-refractivity contribution in [3.8, 4) is 0 Å². The van der Waals surface area contributed by atoms with E-state index in [0.29, 0.717) is 18.7 Å². The van der Waals surface area contributed by atoms with Gasteiger partial charge in [-0.2, -0.15) is 0 Å². The van der Waals surface area contributed by atoms with E-state index in [4.69, 9.17) is 0 Å². The molecule has 0 spiro atoms. The van der Waals surface area contributed by atoms with Crippen LogP contribution >= 0.6 is 0 Å². The van der Waals surface area contributed by atoms with Gasteiger partial charge in [-0.25, -0.2) is 4.79 Å². The van der Waals surface area contributed by atoms with Crippen LogP contribution in [-0.2, 0) is 23.7 Å². The fourth-order valence-electron chi connectivity index (χ4n) is 3.54. The quantitative estimate of drug-likeness (QED) is 0.911. The lowest BCUT2D eigenvalue weighted by Crippen LogP contribution is -2.48. The third-order valence-corrected chi connectivity index (χ3v) is 5.12. The van der Waals surface area contributed by atoms with E-state index < -0.39 is 11.2 Å². The number of hydrogen-bond donors (Lipinski definition) is 1. The molecule has 3 rings (SSSR count). The number of hydrogen-bond acceptors (Lipinski definition) is 3. The van der Waals surface area contributed by atoms with E-state index in [1.165, 1.54) is 18.8 Å². The number of aromatic nitrogens is 2. The number of H-pyrrole nitrogens is 1. The number of aromatic amines is 1. The van der Waals surface area contributed by atoms with Crippen molar-refractivity contribution < 1.29 is 4.79 Å².